The third-order valence-corrected chi connectivity index (χ3v) is 2.98. The van der Waals surface area contributed by atoms with Crippen molar-refractivity contribution in [3.05, 3.63) is 0 Å². The summed E-state index contributed by atoms with van der Waals surface area (Å²) >= 11 is 0. The first kappa shape index (κ1) is 13.8. The molecule has 98 valence electrons. The topological polar surface area (TPSA) is 72.9 Å². The van der Waals surface area contributed by atoms with E-state index in [0.717, 1.165) is 25.9 Å². The Balaban J connectivity index is 2.48. The zero-order valence-corrected chi connectivity index (χ0v) is 10.5. The minimum absolute atomic E-state index is 0.187. The number of hydrogen-bond acceptors (Lipinski definition) is 3. The van der Waals surface area contributed by atoms with E-state index < -0.39 is 5.97 Å². The highest BCUT2D eigenvalue weighted by Crippen LogP contribution is 2.16. The van der Waals surface area contributed by atoms with Gasteiger partial charge in [-0.15, -0.1) is 0 Å². The highest BCUT2D eigenvalue weighted by atomic mass is 16.4. The Kier molecular flexibility index (Phi) is 5.21. The number of urea groups is 1. The maximum absolute atomic E-state index is 12.0. The second-order valence-corrected chi connectivity index (χ2v) is 4.54. The van der Waals surface area contributed by atoms with Crippen molar-refractivity contribution in [2.24, 2.45) is 5.92 Å². The molecule has 0 aliphatic carbocycles. The molecule has 2 N–H and O–H groups in total. The fourth-order valence-electron chi connectivity index (χ4n) is 2.21. The summed E-state index contributed by atoms with van der Waals surface area (Å²) in [4.78, 5) is 25.5. The highest BCUT2D eigenvalue weighted by Gasteiger charge is 2.25. The Labute approximate surface area is 102 Å². The normalized spacial score (nSPS) is 20.1. The van der Waals surface area contributed by atoms with Crippen molar-refractivity contribution in [2.75, 3.05) is 40.3 Å². The molecule has 1 aliphatic rings. The fourth-order valence-corrected chi connectivity index (χ4v) is 2.21. The van der Waals surface area contributed by atoms with Gasteiger partial charge in [0.15, 0.2) is 0 Å². The Morgan fingerprint density at radius 2 is 2.24 bits per heavy atom. The molecule has 0 spiro atoms. The first-order chi connectivity index (χ1) is 8.04. The van der Waals surface area contributed by atoms with Gasteiger partial charge in [0.2, 0.25) is 0 Å². The van der Waals surface area contributed by atoms with Crippen LogP contribution >= 0.6 is 0 Å². The predicted molar refractivity (Wildman–Crippen MR) is 63.9 cm³/mol. The summed E-state index contributed by atoms with van der Waals surface area (Å²) in [6.45, 7) is 2.09. The molecule has 1 heterocycles. The maximum atomic E-state index is 12.0. The number of hydrogen-bond donors (Lipinski definition) is 2. The molecule has 2 amide bonds. The van der Waals surface area contributed by atoms with Crippen molar-refractivity contribution >= 4 is 12.0 Å². The van der Waals surface area contributed by atoms with Gasteiger partial charge in [-0.1, -0.05) is 0 Å². The average Bonchev–Trinajstić information content (AvgIpc) is 2.28. The molecule has 0 bridgehead atoms. The van der Waals surface area contributed by atoms with Crippen LogP contribution in [0.4, 0.5) is 4.79 Å². The number of nitrogens with one attached hydrogen (secondary N) is 1. The number of aliphatic carboxylic acids is 1. The number of carbonyl (C=O) groups excluding carboxylic acids is 1. The maximum Gasteiger partial charge on any atom is 0.323 e. The van der Waals surface area contributed by atoms with Crippen LogP contribution in [0.5, 0.6) is 0 Å². The number of piperidine rings is 1. The minimum Gasteiger partial charge on any atom is -0.480 e. The van der Waals surface area contributed by atoms with Gasteiger partial charge in [-0.2, -0.15) is 0 Å². The Bertz CT molecular complexity index is 281. The van der Waals surface area contributed by atoms with E-state index in [2.05, 4.69) is 5.32 Å². The van der Waals surface area contributed by atoms with Crippen LogP contribution in [0.1, 0.15) is 12.8 Å². The van der Waals surface area contributed by atoms with Gasteiger partial charge in [0.25, 0.3) is 0 Å². The highest BCUT2D eigenvalue weighted by molar-refractivity contribution is 5.79. The Morgan fingerprint density at radius 1 is 1.53 bits per heavy atom. The SMILES string of the molecule is CNCC1CCCN(C(=O)N(C)CC(=O)O)C1. The molecule has 0 radical (unpaired) electrons. The van der Waals surface area contributed by atoms with Crippen LogP contribution in [0.2, 0.25) is 0 Å². The van der Waals surface area contributed by atoms with E-state index in [-0.39, 0.29) is 12.6 Å². The van der Waals surface area contributed by atoms with Crippen molar-refractivity contribution in [2.45, 2.75) is 12.8 Å². The van der Waals surface area contributed by atoms with E-state index in [1.165, 1.54) is 11.9 Å². The van der Waals surface area contributed by atoms with Gasteiger partial charge >= 0.3 is 12.0 Å². The van der Waals surface area contributed by atoms with Crippen LogP contribution in [-0.4, -0.2) is 67.2 Å². The molecule has 1 unspecified atom stereocenters. The molecule has 0 aromatic carbocycles. The number of carboxylic acids is 1. The lowest BCUT2D eigenvalue weighted by atomic mass is 9.98. The Hall–Kier alpha value is -1.30. The number of likely N-dealkylation sites (N-methyl/N-ethyl adjacent to an activating group) is 1. The molecular formula is C11H21N3O3. The first-order valence-electron chi connectivity index (χ1n) is 5.91. The van der Waals surface area contributed by atoms with Gasteiger partial charge in [0, 0.05) is 20.1 Å². The summed E-state index contributed by atoms with van der Waals surface area (Å²) in [6.07, 6.45) is 2.10. The van der Waals surface area contributed by atoms with Crippen LogP contribution in [0.3, 0.4) is 0 Å². The molecule has 6 heteroatoms. The van der Waals surface area contributed by atoms with Gasteiger partial charge in [0.1, 0.15) is 6.54 Å². The van der Waals surface area contributed by atoms with Gasteiger partial charge in [-0.05, 0) is 32.4 Å². The molecule has 6 nitrogen and oxygen atoms in total. The van der Waals surface area contributed by atoms with E-state index in [0.29, 0.717) is 12.5 Å². The second kappa shape index (κ2) is 6.44. The van der Waals surface area contributed by atoms with E-state index in [4.69, 9.17) is 5.11 Å². The summed E-state index contributed by atoms with van der Waals surface area (Å²) < 4.78 is 0. The summed E-state index contributed by atoms with van der Waals surface area (Å²) in [5, 5.41) is 11.8. The number of carbonyl (C=O) groups is 2. The van der Waals surface area contributed by atoms with Crippen LogP contribution < -0.4 is 5.32 Å². The molecule has 0 saturated carbocycles. The van der Waals surface area contributed by atoms with E-state index in [9.17, 15) is 9.59 Å². The van der Waals surface area contributed by atoms with Crippen molar-refractivity contribution < 1.29 is 14.7 Å². The minimum atomic E-state index is -0.982. The third-order valence-electron chi connectivity index (χ3n) is 2.98. The largest absolute Gasteiger partial charge is 0.480 e. The smallest absolute Gasteiger partial charge is 0.323 e. The molecule has 1 rings (SSSR count). The van der Waals surface area contributed by atoms with Crippen LogP contribution in [0, 0.1) is 5.92 Å². The van der Waals surface area contributed by atoms with Crippen LogP contribution in [0.25, 0.3) is 0 Å². The molecule has 17 heavy (non-hydrogen) atoms. The number of likely N-dealkylation sites (tertiary alicyclic amines) is 1. The summed E-state index contributed by atoms with van der Waals surface area (Å²) in [5.41, 5.74) is 0. The molecule has 1 fully saturated rings. The number of amides is 2. The standard InChI is InChI=1S/C11H21N3O3/c1-12-6-9-4-3-5-14(7-9)11(17)13(2)8-10(15)16/h9,12H,3-8H2,1-2H3,(H,15,16). The summed E-state index contributed by atoms with van der Waals surface area (Å²) in [7, 11) is 3.43. The van der Waals surface area contributed by atoms with Gasteiger partial charge in [0.05, 0.1) is 0 Å². The van der Waals surface area contributed by atoms with Gasteiger partial charge in [-0.25, -0.2) is 4.79 Å². The fraction of sp³-hybridized carbons (Fsp3) is 0.818. The zero-order chi connectivity index (χ0) is 12.8. The van der Waals surface area contributed by atoms with Gasteiger partial charge < -0.3 is 20.2 Å². The molecule has 1 saturated heterocycles. The first-order valence-corrected chi connectivity index (χ1v) is 5.91. The van der Waals surface area contributed by atoms with Crippen LogP contribution in [-0.2, 0) is 4.79 Å². The lowest BCUT2D eigenvalue weighted by molar-refractivity contribution is -0.137. The average molecular weight is 243 g/mol. The lowest BCUT2D eigenvalue weighted by Gasteiger charge is -2.34. The van der Waals surface area contributed by atoms with E-state index >= 15 is 0 Å². The van der Waals surface area contributed by atoms with E-state index in [1.54, 1.807) is 4.90 Å². The molecule has 0 aromatic rings. The van der Waals surface area contributed by atoms with E-state index in [1.807, 2.05) is 7.05 Å². The predicted octanol–water partition coefficient (Wildman–Crippen LogP) is 0.0542. The second-order valence-electron chi connectivity index (χ2n) is 4.54. The van der Waals surface area contributed by atoms with Crippen molar-refractivity contribution in [1.82, 2.24) is 15.1 Å². The number of rotatable bonds is 4. The third kappa shape index (κ3) is 4.22. The van der Waals surface area contributed by atoms with Crippen molar-refractivity contribution in [3.8, 4) is 0 Å². The summed E-state index contributed by atoms with van der Waals surface area (Å²) in [6, 6.07) is -0.187. The lowest BCUT2D eigenvalue weighted by Crippen LogP contribution is -2.48. The monoisotopic (exact) mass is 243 g/mol. The quantitative estimate of drug-likeness (QED) is 0.732. The number of nitrogens with zero attached hydrogens (tertiary/aromatic N) is 2. The van der Waals surface area contributed by atoms with Crippen molar-refractivity contribution in [3.63, 3.8) is 0 Å². The van der Waals surface area contributed by atoms with Crippen molar-refractivity contribution in [1.29, 1.82) is 0 Å². The van der Waals surface area contributed by atoms with Gasteiger partial charge in [-0.3, -0.25) is 4.79 Å². The number of carboxylic acid groups (broad SMARTS) is 1. The Morgan fingerprint density at radius 3 is 2.82 bits per heavy atom. The molecule has 1 aliphatic heterocycles. The molecule has 0 aromatic heterocycles. The van der Waals surface area contributed by atoms with Crippen LogP contribution in [0.15, 0.2) is 0 Å². The zero-order valence-electron chi connectivity index (χ0n) is 10.5. The molecule has 1 atom stereocenters. The molecular weight excluding hydrogens is 222 g/mol. The summed E-state index contributed by atoms with van der Waals surface area (Å²) in [5.74, 6) is -0.513.